The first-order chi connectivity index (χ1) is 9.47. The Hall–Kier alpha value is -2.11. The molecule has 6 nitrogen and oxygen atoms in total. The highest BCUT2D eigenvalue weighted by Gasteiger charge is 2.29. The summed E-state index contributed by atoms with van der Waals surface area (Å²) in [7, 11) is 0. The van der Waals surface area contributed by atoms with Crippen LogP contribution >= 0.6 is 0 Å². The molecular weight excluding hydrogens is 262 g/mol. The fourth-order valence-corrected chi connectivity index (χ4v) is 2.01. The molecule has 1 unspecified atom stereocenters. The van der Waals surface area contributed by atoms with E-state index >= 15 is 0 Å². The van der Waals surface area contributed by atoms with Gasteiger partial charge in [-0.3, -0.25) is 9.59 Å². The lowest BCUT2D eigenvalue weighted by Crippen LogP contribution is -2.17. The van der Waals surface area contributed by atoms with Crippen LogP contribution < -0.4 is 0 Å². The van der Waals surface area contributed by atoms with Crippen molar-refractivity contribution in [3.63, 3.8) is 0 Å². The molecule has 1 N–H and O–H groups in total. The number of aromatic nitrogens is 1. The number of hydrogen-bond acceptors (Lipinski definition) is 5. The first-order valence-corrected chi connectivity index (χ1v) is 6.49. The molecule has 0 saturated heterocycles. The van der Waals surface area contributed by atoms with Gasteiger partial charge < -0.3 is 14.5 Å². The van der Waals surface area contributed by atoms with Gasteiger partial charge in [0, 0.05) is 16.8 Å². The third-order valence-corrected chi connectivity index (χ3v) is 2.95. The Morgan fingerprint density at radius 2 is 1.85 bits per heavy atom. The number of aryl methyl sites for hydroxylation is 1. The van der Waals surface area contributed by atoms with Gasteiger partial charge in [0.1, 0.15) is 5.69 Å². The highest BCUT2D eigenvalue weighted by Crippen LogP contribution is 2.27. The number of esters is 2. The summed E-state index contributed by atoms with van der Waals surface area (Å²) in [6.45, 7) is 7.07. The lowest BCUT2D eigenvalue weighted by atomic mass is 9.96. The van der Waals surface area contributed by atoms with E-state index in [0.29, 0.717) is 23.1 Å². The van der Waals surface area contributed by atoms with Crippen LogP contribution in [-0.2, 0) is 14.3 Å². The number of carbonyl (C=O) groups is 3. The average Bonchev–Trinajstić information content (AvgIpc) is 2.75. The zero-order valence-electron chi connectivity index (χ0n) is 12.1. The van der Waals surface area contributed by atoms with E-state index in [2.05, 4.69) is 4.98 Å². The molecule has 0 aromatic carbocycles. The number of aromatic amines is 1. The van der Waals surface area contributed by atoms with Crippen molar-refractivity contribution >= 4 is 18.2 Å². The molecule has 0 aliphatic rings. The third kappa shape index (κ3) is 3.07. The summed E-state index contributed by atoms with van der Waals surface area (Å²) in [4.78, 5) is 37.8. The molecule has 0 fully saturated rings. The van der Waals surface area contributed by atoms with Gasteiger partial charge in [-0.05, 0) is 27.7 Å². The van der Waals surface area contributed by atoms with Crippen LogP contribution in [0.5, 0.6) is 0 Å². The third-order valence-electron chi connectivity index (χ3n) is 2.95. The number of carbonyl (C=O) groups excluding carboxylic acids is 3. The fraction of sp³-hybridized carbons (Fsp3) is 0.500. The van der Waals surface area contributed by atoms with Gasteiger partial charge in [-0.15, -0.1) is 0 Å². The zero-order valence-corrected chi connectivity index (χ0v) is 12.1. The minimum atomic E-state index is -0.723. The SMILES string of the molecule is CCOC(=O)c1[nH]c(C)c(C=O)c1C(C)C(=O)OCC. The summed E-state index contributed by atoms with van der Waals surface area (Å²) in [5.41, 5.74) is 1.28. The van der Waals surface area contributed by atoms with Crippen LogP contribution in [0.1, 0.15) is 58.8 Å². The molecule has 0 amide bonds. The molecule has 0 bridgehead atoms. The Kier molecular flexibility index (Phi) is 5.49. The molecule has 110 valence electrons. The second-order valence-corrected chi connectivity index (χ2v) is 4.26. The van der Waals surface area contributed by atoms with Crippen LogP contribution in [0, 0.1) is 6.92 Å². The van der Waals surface area contributed by atoms with Crippen LogP contribution in [0.2, 0.25) is 0 Å². The molecule has 1 rings (SSSR count). The number of aldehydes is 1. The molecule has 1 aromatic heterocycles. The van der Waals surface area contributed by atoms with Crippen LogP contribution in [0.3, 0.4) is 0 Å². The van der Waals surface area contributed by atoms with Crippen molar-refractivity contribution in [3.8, 4) is 0 Å². The smallest absolute Gasteiger partial charge is 0.355 e. The minimum absolute atomic E-state index is 0.131. The number of rotatable bonds is 6. The van der Waals surface area contributed by atoms with Crippen molar-refractivity contribution in [1.82, 2.24) is 4.98 Å². The largest absolute Gasteiger partial charge is 0.466 e. The molecule has 1 heterocycles. The van der Waals surface area contributed by atoms with E-state index in [1.807, 2.05) is 0 Å². The van der Waals surface area contributed by atoms with Crippen molar-refractivity contribution in [2.45, 2.75) is 33.6 Å². The fourth-order valence-electron chi connectivity index (χ4n) is 2.01. The topological polar surface area (TPSA) is 85.5 Å². The van der Waals surface area contributed by atoms with Crippen LogP contribution in [0.25, 0.3) is 0 Å². The monoisotopic (exact) mass is 281 g/mol. The van der Waals surface area contributed by atoms with Crippen LogP contribution in [0.4, 0.5) is 0 Å². The maximum Gasteiger partial charge on any atom is 0.355 e. The summed E-state index contributed by atoms with van der Waals surface area (Å²) < 4.78 is 9.87. The van der Waals surface area contributed by atoms with Crippen molar-refractivity contribution in [2.24, 2.45) is 0 Å². The Balaban J connectivity index is 3.30. The number of ether oxygens (including phenoxy) is 2. The van der Waals surface area contributed by atoms with Gasteiger partial charge in [0.2, 0.25) is 0 Å². The first kappa shape index (κ1) is 15.9. The molecule has 0 aliphatic carbocycles. The second kappa shape index (κ2) is 6.88. The molecule has 0 spiro atoms. The number of H-pyrrole nitrogens is 1. The Bertz CT molecular complexity index is 518. The summed E-state index contributed by atoms with van der Waals surface area (Å²) in [5, 5.41) is 0. The summed E-state index contributed by atoms with van der Waals surface area (Å²) in [6, 6.07) is 0. The summed E-state index contributed by atoms with van der Waals surface area (Å²) in [5.74, 6) is -1.80. The average molecular weight is 281 g/mol. The Morgan fingerprint density at radius 1 is 1.25 bits per heavy atom. The van der Waals surface area contributed by atoms with Gasteiger partial charge >= 0.3 is 11.9 Å². The highest BCUT2D eigenvalue weighted by molar-refractivity contribution is 5.97. The maximum absolute atomic E-state index is 11.9. The van der Waals surface area contributed by atoms with Gasteiger partial charge in [0.25, 0.3) is 0 Å². The van der Waals surface area contributed by atoms with Crippen molar-refractivity contribution in [2.75, 3.05) is 13.2 Å². The van der Waals surface area contributed by atoms with Crippen LogP contribution in [-0.4, -0.2) is 36.4 Å². The Labute approximate surface area is 117 Å². The number of nitrogens with one attached hydrogen (secondary N) is 1. The second-order valence-electron chi connectivity index (χ2n) is 4.26. The van der Waals surface area contributed by atoms with Gasteiger partial charge in [0.05, 0.1) is 19.1 Å². The zero-order chi connectivity index (χ0) is 15.3. The van der Waals surface area contributed by atoms with Crippen molar-refractivity contribution < 1.29 is 23.9 Å². The molecule has 1 aromatic rings. The van der Waals surface area contributed by atoms with Gasteiger partial charge in [-0.1, -0.05) is 0 Å². The standard InChI is InChI=1S/C14H19NO5/c1-5-19-13(17)8(3)11-10(7-16)9(4)15-12(11)14(18)20-6-2/h7-8,15H,5-6H2,1-4H3. The van der Waals surface area contributed by atoms with Gasteiger partial charge in [0.15, 0.2) is 6.29 Å². The molecule has 0 aliphatic heterocycles. The van der Waals surface area contributed by atoms with E-state index in [9.17, 15) is 14.4 Å². The quantitative estimate of drug-likeness (QED) is 0.636. The highest BCUT2D eigenvalue weighted by atomic mass is 16.5. The van der Waals surface area contributed by atoms with Gasteiger partial charge in [-0.2, -0.15) is 0 Å². The van der Waals surface area contributed by atoms with E-state index in [0.717, 1.165) is 0 Å². The molecule has 0 radical (unpaired) electrons. The van der Waals surface area contributed by atoms with E-state index in [1.54, 1.807) is 27.7 Å². The molecular formula is C14H19NO5. The van der Waals surface area contributed by atoms with E-state index in [4.69, 9.17) is 9.47 Å². The first-order valence-electron chi connectivity index (χ1n) is 6.49. The summed E-state index contributed by atoms with van der Waals surface area (Å²) >= 11 is 0. The molecule has 1 atom stereocenters. The normalized spacial score (nSPS) is 11.8. The summed E-state index contributed by atoms with van der Waals surface area (Å²) in [6.07, 6.45) is 0.625. The molecule has 20 heavy (non-hydrogen) atoms. The van der Waals surface area contributed by atoms with Crippen molar-refractivity contribution in [1.29, 1.82) is 0 Å². The van der Waals surface area contributed by atoms with Gasteiger partial charge in [-0.25, -0.2) is 4.79 Å². The molecule has 6 heteroatoms. The van der Waals surface area contributed by atoms with E-state index < -0.39 is 17.9 Å². The van der Waals surface area contributed by atoms with Crippen LogP contribution in [0.15, 0.2) is 0 Å². The molecule has 0 saturated carbocycles. The van der Waals surface area contributed by atoms with E-state index in [-0.39, 0.29) is 18.9 Å². The predicted molar refractivity (Wildman–Crippen MR) is 71.9 cm³/mol. The minimum Gasteiger partial charge on any atom is -0.466 e. The number of hydrogen-bond donors (Lipinski definition) is 1. The van der Waals surface area contributed by atoms with E-state index in [1.165, 1.54) is 0 Å². The Morgan fingerprint density at radius 3 is 2.35 bits per heavy atom. The lowest BCUT2D eigenvalue weighted by molar-refractivity contribution is -0.144. The maximum atomic E-state index is 11.9. The lowest BCUT2D eigenvalue weighted by Gasteiger charge is -2.12. The predicted octanol–water partition coefficient (Wildman–Crippen LogP) is 1.98. The van der Waals surface area contributed by atoms with Crippen molar-refractivity contribution in [3.05, 3.63) is 22.5 Å².